The summed E-state index contributed by atoms with van der Waals surface area (Å²) in [5.74, 6) is 0.834. The van der Waals surface area contributed by atoms with E-state index in [1.165, 1.54) is 5.39 Å². The first kappa shape index (κ1) is 18.5. The van der Waals surface area contributed by atoms with Crippen molar-refractivity contribution in [1.29, 1.82) is 0 Å². The van der Waals surface area contributed by atoms with Gasteiger partial charge in [0.05, 0.1) is 7.11 Å². The van der Waals surface area contributed by atoms with Crippen molar-refractivity contribution in [3.05, 3.63) is 83.9 Å². The Bertz CT molecular complexity index is 919. The Hall–Kier alpha value is -3.27. The van der Waals surface area contributed by atoms with E-state index in [0.717, 1.165) is 22.3 Å². The lowest BCUT2D eigenvalue weighted by Gasteiger charge is -2.09. The van der Waals surface area contributed by atoms with Crippen LogP contribution < -0.4 is 10.1 Å². The zero-order valence-electron chi connectivity index (χ0n) is 15.4. The van der Waals surface area contributed by atoms with E-state index in [-0.39, 0.29) is 6.61 Å². The predicted octanol–water partition coefficient (Wildman–Crippen LogP) is 5.18. The summed E-state index contributed by atoms with van der Waals surface area (Å²) in [6, 6.07) is 21.8. The summed E-state index contributed by atoms with van der Waals surface area (Å²) in [5, 5.41) is 5.07. The Morgan fingerprint density at radius 2 is 1.78 bits per heavy atom. The van der Waals surface area contributed by atoms with Crippen LogP contribution in [0.2, 0.25) is 0 Å². The van der Waals surface area contributed by atoms with Gasteiger partial charge in [0, 0.05) is 12.1 Å². The normalized spacial score (nSPS) is 10.9. The SMILES string of the molecule is COc1ccc2ccccc2c1C=CCCNC(=O)OCc1ccccc1. The van der Waals surface area contributed by atoms with Gasteiger partial charge < -0.3 is 14.8 Å². The Labute approximate surface area is 159 Å². The van der Waals surface area contributed by atoms with Crippen LogP contribution in [-0.2, 0) is 11.3 Å². The maximum Gasteiger partial charge on any atom is 0.407 e. The van der Waals surface area contributed by atoms with Crippen molar-refractivity contribution in [3.63, 3.8) is 0 Å². The number of ether oxygens (including phenoxy) is 2. The molecule has 0 spiro atoms. The molecule has 0 aromatic heterocycles. The number of methoxy groups -OCH3 is 1. The summed E-state index contributed by atoms with van der Waals surface area (Å²) in [7, 11) is 1.67. The average Bonchev–Trinajstić information content (AvgIpc) is 2.72. The summed E-state index contributed by atoms with van der Waals surface area (Å²) >= 11 is 0. The van der Waals surface area contributed by atoms with Gasteiger partial charge in [-0.3, -0.25) is 0 Å². The first-order valence-electron chi connectivity index (χ1n) is 8.95. The van der Waals surface area contributed by atoms with E-state index in [4.69, 9.17) is 9.47 Å². The molecule has 138 valence electrons. The Kier molecular flexibility index (Phi) is 6.47. The van der Waals surface area contributed by atoms with E-state index in [1.54, 1.807) is 7.11 Å². The maximum atomic E-state index is 11.7. The zero-order valence-corrected chi connectivity index (χ0v) is 15.4. The third-order valence-corrected chi connectivity index (χ3v) is 4.23. The molecule has 0 radical (unpaired) electrons. The highest BCUT2D eigenvalue weighted by molar-refractivity contribution is 5.93. The fourth-order valence-electron chi connectivity index (χ4n) is 2.86. The second-order valence-corrected chi connectivity index (χ2v) is 6.08. The van der Waals surface area contributed by atoms with Crippen molar-refractivity contribution in [1.82, 2.24) is 5.32 Å². The molecule has 0 aliphatic carbocycles. The smallest absolute Gasteiger partial charge is 0.407 e. The van der Waals surface area contributed by atoms with Gasteiger partial charge >= 0.3 is 6.09 Å². The van der Waals surface area contributed by atoms with E-state index in [2.05, 4.69) is 23.5 Å². The first-order valence-corrected chi connectivity index (χ1v) is 8.95. The van der Waals surface area contributed by atoms with E-state index >= 15 is 0 Å². The number of rotatable bonds is 7. The Balaban J connectivity index is 1.51. The number of carbonyl (C=O) groups excluding carboxylic acids is 1. The lowest BCUT2D eigenvalue weighted by molar-refractivity contribution is 0.140. The molecule has 0 saturated carbocycles. The highest BCUT2D eigenvalue weighted by atomic mass is 16.5. The summed E-state index contributed by atoms with van der Waals surface area (Å²) in [6.45, 7) is 0.785. The molecule has 0 fully saturated rings. The number of benzene rings is 3. The third-order valence-electron chi connectivity index (χ3n) is 4.23. The van der Waals surface area contributed by atoms with Gasteiger partial charge in [-0.1, -0.05) is 72.8 Å². The summed E-state index contributed by atoms with van der Waals surface area (Å²) in [6.07, 6.45) is 4.36. The number of amides is 1. The molecule has 4 nitrogen and oxygen atoms in total. The van der Waals surface area contributed by atoms with Gasteiger partial charge in [0.2, 0.25) is 0 Å². The van der Waals surface area contributed by atoms with E-state index in [0.29, 0.717) is 13.0 Å². The van der Waals surface area contributed by atoms with Crippen molar-refractivity contribution >= 4 is 22.9 Å². The minimum Gasteiger partial charge on any atom is -0.496 e. The van der Waals surface area contributed by atoms with Crippen LogP contribution in [0.5, 0.6) is 5.75 Å². The summed E-state index contributed by atoms with van der Waals surface area (Å²) in [4.78, 5) is 11.7. The first-order chi connectivity index (χ1) is 13.3. The number of fused-ring (bicyclic) bond motifs is 1. The van der Waals surface area contributed by atoms with Crippen LogP contribution in [0.25, 0.3) is 16.8 Å². The molecule has 3 aromatic carbocycles. The quantitative estimate of drug-likeness (QED) is 0.590. The molecule has 1 amide bonds. The van der Waals surface area contributed by atoms with Crippen LogP contribution in [-0.4, -0.2) is 19.7 Å². The molecule has 3 rings (SSSR count). The number of hydrogen-bond acceptors (Lipinski definition) is 3. The zero-order chi connectivity index (χ0) is 18.9. The van der Waals surface area contributed by atoms with E-state index < -0.39 is 6.09 Å². The minimum absolute atomic E-state index is 0.274. The molecule has 0 heterocycles. The molecule has 0 aliphatic rings. The molecular formula is C23H23NO3. The van der Waals surface area contributed by atoms with Crippen molar-refractivity contribution in [2.45, 2.75) is 13.0 Å². The van der Waals surface area contributed by atoms with E-state index in [9.17, 15) is 4.79 Å². The lowest BCUT2D eigenvalue weighted by atomic mass is 10.0. The van der Waals surface area contributed by atoms with Crippen LogP contribution >= 0.6 is 0 Å². The van der Waals surface area contributed by atoms with Crippen molar-refractivity contribution in [2.24, 2.45) is 0 Å². The number of hydrogen-bond donors (Lipinski definition) is 1. The molecule has 0 saturated heterocycles. The van der Waals surface area contributed by atoms with Gasteiger partial charge in [-0.2, -0.15) is 0 Å². The Morgan fingerprint density at radius 3 is 2.59 bits per heavy atom. The lowest BCUT2D eigenvalue weighted by Crippen LogP contribution is -2.24. The minimum atomic E-state index is -0.407. The third kappa shape index (κ3) is 5.11. The van der Waals surface area contributed by atoms with Crippen LogP contribution in [0.3, 0.4) is 0 Å². The summed E-state index contributed by atoms with van der Waals surface area (Å²) < 4.78 is 10.7. The fraction of sp³-hybridized carbons (Fsp3) is 0.174. The predicted molar refractivity (Wildman–Crippen MR) is 109 cm³/mol. The molecule has 0 bridgehead atoms. The average molecular weight is 361 g/mol. The molecule has 0 aliphatic heterocycles. The molecule has 27 heavy (non-hydrogen) atoms. The second-order valence-electron chi connectivity index (χ2n) is 6.08. The molecule has 0 unspecified atom stereocenters. The largest absolute Gasteiger partial charge is 0.496 e. The molecular weight excluding hydrogens is 338 g/mol. The van der Waals surface area contributed by atoms with Crippen molar-refractivity contribution in [2.75, 3.05) is 13.7 Å². The Morgan fingerprint density at radius 1 is 1.00 bits per heavy atom. The van der Waals surface area contributed by atoms with Crippen LogP contribution in [0.1, 0.15) is 17.5 Å². The van der Waals surface area contributed by atoms with Crippen LogP contribution in [0.15, 0.2) is 72.8 Å². The van der Waals surface area contributed by atoms with E-state index in [1.807, 2.05) is 60.7 Å². The van der Waals surface area contributed by atoms with Crippen molar-refractivity contribution in [3.8, 4) is 5.75 Å². The topological polar surface area (TPSA) is 47.6 Å². The van der Waals surface area contributed by atoms with Gasteiger partial charge in [-0.15, -0.1) is 0 Å². The fourth-order valence-corrected chi connectivity index (χ4v) is 2.86. The second kappa shape index (κ2) is 9.43. The highest BCUT2D eigenvalue weighted by Gasteiger charge is 2.05. The maximum absolute atomic E-state index is 11.7. The van der Waals surface area contributed by atoms with Crippen molar-refractivity contribution < 1.29 is 14.3 Å². The number of alkyl carbamates (subject to hydrolysis) is 1. The van der Waals surface area contributed by atoms with Gasteiger partial charge in [0.25, 0.3) is 0 Å². The van der Waals surface area contributed by atoms with Crippen LogP contribution in [0, 0.1) is 0 Å². The van der Waals surface area contributed by atoms with Gasteiger partial charge in [0.15, 0.2) is 0 Å². The monoisotopic (exact) mass is 361 g/mol. The summed E-state index contributed by atoms with van der Waals surface area (Å²) in [5.41, 5.74) is 2.01. The molecule has 0 atom stereocenters. The van der Waals surface area contributed by atoms with Gasteiger partial charge in [0.1, 0.15) is 12.4 Å². The van der Waals surface area contributed by atoms with Gasteiger partial charge in [-0.05, 0) is 28.8 Å². The molecule has 1 N–H and O–H groups in total. The number of carbonyl (C=O) groups is 1. The van der Waals surface area contributed by atoms with Gasteiger partial charge in [-0.25, -0.2) is 4.79 Å². The molecule has 3 aromatic rings. The number of nitrogens with one attached hydrogen (secondary N) is 1. The highest BCUT2D eigenvalue weighted by Crippen LogP contribution is 2.29. The standard InChI is InChI=1S/C23H23NO3/c1-26-22-15-14-19-11-5-6-12-20(19)21(22)13-7-8-16-24-23(25)27-17-18-9-3-2-4-10-18/h2-7,9-15H,8,16-17H2,1H3,(H,24,25). The molecule has 4 heteroatoms. The van der Waals surface area contributed by atoms with Crippen LogP contribution in [0.4, 0.5) is 4.79 Å².